The van der Waals surface area contributed by atoms with Crippen LogP contribution in [0.25, 0.3) is 0 Å². The predicted molar refractivity (Wildman–Crippen MR) is 82.1 cm³/mol. The van der Waals surface area contributed by atoms with Gasteiger partial charge in [-0.05, 0) is 25.7 Å². The average Bonchev–Trinajstić information content (AvgIpc) is 2.84. The van der Waals surface area contributed by atoms with Crippen LogP contribution in [0.15, 0.2) is 0 Å². The smallest absolute Gasteiger partial charge is 0.323 e. The summed E-state index contributed by atoms with van der Waals surface area (Å²) >= 11 is 0. The Morgan fingerprint density at radius 2 is 2.27 bits per heavy atom. The number of aromatic nitrogens is 2. The maximum Gasteiger partial charge on any atom is 0.323 e. The van der Waals surface area contributed by atoms with Gasteiger partial charge in [0.15, 0.2) is 0 Å². The van der Waals surface area contributed by atoms with E-state index < -0.39 is 0 Å². The van der Waals surface area contributed by atoms with Crippen molar-refractivity contribution in [3.8, 4) is 0 Å². The van der Waals surface area contributed by atoms with Crippen LogP contribution in [0.4, 0.5) is 10.6 Å². The Hall–Kier alpha value is -1.60. The van der Waals surface area contributed by atoms with Gasteiger partial charge in [0.25, 0.3) is 0 Å². The second kappa shape index (κ2) is 6.66. The molecule has 2 amide bonds. The summed E-state index contributed by atoms with van der Waals surface area (Å²) in [7, 11) is 3.53. The van der Waals surface area contributed by atoms with Crippen LogP contribution in [0.3, 0.4) is 0 Å². The van der Waals surface area contributed by atoms with E-state index in [0.717, 1.165) is 30.8 Å². The summed E-state index contributed by atoms with van der Waals surface area (Å²) in [5.41, 5.74) is 2.32. The Morgan fingerprint density at radius 1 is 1.45 bits per heavy atom. The van der Waals surface area contributed by atoms with Crippen molar-refractivity contribution in [1.29, 1.82) is 0 Å². The number of hydrogen-bond donors (Lipinski definition) is 1. The zero-order valence-electron chi connectivity index (χ0n) is 13.3. The fourth-order valence-electron chi connectivity index (χ4n) is 3.26. The minimum Gasteiger partial charge on any atom is -0.382 e. The molecule has 1 saturated heterocycles. The molecule has 1 atom stereocenters. The van der Waals surface area contributed by atoms with Crippen molar-refractivity contribution in [2.24, 2.45) is 7.05 Å². The van der Waals surface area contributed by atoms with Crippen LogP contribution in [-0.2, 0) is 29.4 Å². The second-order valence-corrected chi connectivity index (χ2v) is 5.91. The molecular weight excluding hydrogens is 284 g/mol. The first-order valence-electron chi connectivity index (χ1n) is 7.89. The molecule has 1 fully saturated rings. The van der Waals surface area contributed by atoms with Gasteiger partial charge in [0.2, 0.25) is 0 Å². The Labute approximate surface area is 130 Å². The second-order valence-electron chi connectivity index (χ2n) is 5.91. The number of morpholine rings is 1. The number of urea groups is 1. The van der Waals surface area contributed by atoms with Crippen molar-refractivity contribution < 1.29 is 14.3 Å². The van der Waals surface area contributed by atoms with Gasteiger partial charge in [0.1, 0.15) is 5.82 Å². The highest BCUT2D eigenvalue weighted by Gasteiger charge is 2.29. The largest absolute Gasteiger partial charge is 0.382 e. The molecule has 0 radical (unpaired) electrons. The van der Waals surface area contributed by atoms with Crippen molar-refractivity contribution >= 4 is 11.8 Å². The van der Waals surface area contributed by atoms with Crippen molar-refractivity contribution in [3.63, 3.8) is 0 Å². The van der Waals surface area contributed by atoms with Gasteiger partial charge >= 0.3 is 6.03 Å². The third-order valence-electron chi connectivity index (χ3n) is 4.39. The normalized spacial score (nSPS) is 21.5. The van der Waals surface area contributed by atoms with Crippen molar-refractivity contribution in [2.75, 3.05) is 38.8 Å². The summed E-state index contributed by atoms with van der Waals surface area (Å²) in [5.74, 6) is 0.836. The van der Waals surface area contributed by atoms with E-state index in [0.29, 0.717) is 26.4 Å². The number of carbonyl (C=O) groups excluding carboxylic acids is 1. The van der Waals surface area contributed by atoms with Gasteiger partial charge in [0.05, 0.1) is 31.6 Å². The lowest BCUT2D eigenvalue weighted by Gasteiger charge is -2.35. The minimum absolute atomic E-state index is 0.0391. The Kier molecular flexibility index (Phi) is 4.63. The molecule has 1 aliphatic carbocycles. The highest BCUT2D eigenvalue weighted by Crippen LogP contribution is 2.27. The number of hydrogen-bond acceptors (Lipinski definition) is 4. The van der Waals surface area contributed by atoms with Crippen LogP contribution >= 0.6 is 0 Å². The van der Waals surface area contributed by atoms with E-state index in [1.165, 1.54) is 12.0 Å². The summed E-state index contributed by atoms with van der Waals surface area (Å²) in [6.07, 6.45) is 4.33. The van der Waals surface area contributed by atoms with Crippen molar-refractivity contribution in [1.82, 2.24) is 14.7 Å². The standard InChI is InChI=1S/C15H24N4O3/c1-18-14(12-5-3-4-6-13(12)17-18)16-15(20)19-7-8-22-10-11(19)9-21-2/h11H,3-10H2,1-2H3,(H,16,20). The number of methoxy groups -OCH3 is 1. The van der Waals surface area contributed by atoms with Crippen molar-refractivity contribution in [2.45, 2.75) is 31.7 Å². The molecule has 3 rings (SSSR count). The molecule has 1 aliphatic heterocycles. The molecule has 2 heterocycles. The molecule has 1 aromatic rings. The van der Waals surface area contributed by atoms with Crippen LogP contribution in [0.1, 0.15) is 24.1 Å². The van der Waals surface area contributed by atoms with Gasteiger partial charge in [0, 0.05) is 26.3 Å². The number of carbonyl (C=O) groups is 1. The maximum absolute atomic E-state index is 12.7. The first kappa shape index (κ1) is 15.3. The van der Waals surface area contributed by atoms with E-state index in [-0.39, 0.29) is 12.1 Å². The average molecular weight is 308 g/mol. The number of aryl methyl sites for hydroxylation is 2. The van der Waals surface area contributed by atoms with Crippen LogP contribution in [0.2, 0.25) is 0 Å². The number of rotatable bonds is 3. The molecule has 7 heteroatoms. The maximum atomic E-state index is 12.7. The third-order valence-corrected chi connectivity index (χ3v) is 4.39. The fraction of sp³-hybridized carbons (Fsp3) is 0.733. The van der Waals surface area contributed by atoms with Crippen molar-refractivity contribution in [3.05, 3.63) is 11.3 Å². The quantitative estimate of drug-likeness (QED) is 0.910. The lowest BCUT2D eigenvalue weighted by Crippen LogP contribution is -2.52. The highest BCUT2D eigenvalue weighted by atomic mass is 16.5. The molecule has 2 aliphatic rings. The van der Waals surface area contributed by atoms with E-state index >= 15 is 0 Å². The molecule has 22 heavy (non-hydrogen) atoms. The molecular formula is C15H24N4O3. The molecule has 1 aromatic heterocycles. The van der Waals surface area contributed by atoms with Crippen LogP contribution in [0.5, 0.6) is 0 Å². The molecule has 1 unspecified atom stereocenters. The summed E-state index contributed by atoms with van der Waals surface area (Å²) < 4.78 is 12.4. The van der Waals surface area contributed by atoms with Crippen LogP contribution in [-0.4, -0.2) is 60.2 Å². The summed E-state index contributed by atoms with van der Waals surface area (Å²) in [4.78, 5) is 14.5. The van der Waals surface area contributed by atoms with Gasteiger partial charge in [-0.3, -0.25) is 10.00 Å². The lowest BCUT2D eigenvalue weighted by atomic mass is 9.97. The number of ether oxygens (including phenoxy) is 2. The molecule has 1 N–H and O–H groups in total. The Bertz CT molecular complexity index is 541. The lowest BCUT2D eigenvalue weighted by molar-refractivity contribution is -0.0133. The Morgan fingerprint density at radius 3 is 3.09 bits per heavy atom. The number of amides is 2. The van der Waals surface area contributed by atoms with Crippen LogP contribution in [0, 0.1) is 0 Å². The Balaban J connectivity index is 1.74. The predicted octanol–water partition coefficient (Wildman–Crippen LogP) is 1.18. The third kappa shape index (κ3) is 2.96. The molecule has 122 valence electrons. The van der Waals surface area contributed by atoms with Gasteiger partial charge < -0.3 is 14.4 Å². The summed E-state index contributed by atoms with van der Waals surface area (Å²) in [6, 6.07) is -0.135. The molecule has 0 spiro atoms. The SMILES string of the molecule is COCC1COCCN1C(=O)Nc1c2c(nn1C)CCCC2. The molecule has 0 bridgehead atoms. The fourth-order valence-corrected chi connectivity index (χ4v) is 3.26. The van der Waals surface area contributed by atoms with E-state index in [4.69, 9.17) is 9.47 Å². The number of nitrogens with zero attached hydrogens (tertiary/aromatic N) is 3. The zero-order valence-corrected chi connectivity index (χ0v) is 13.3. The van der Waals surface area contributed by atoms with E-state index in [1.54, 1.807) is 16.7 Å². The monoisotopic (exact) mass is 308 g/mol. The van der Waals surface area contributed by atoms with E-state index in [2.05, 4.69) is 10.4 Å². The minimum atomic E-state index is -0.0956. The number of anilines is 1. The first-order valence-corrected chi connectivity index (χ1v) is 7.89. The van der Waals surface area contributed by atoms with Gasteiger partial charge in [-0.25, -0.2) is 4.79 Å². The van der Waals surface area contributed by atoms with Gasteiger partial charge in [-0.1, -0.05) is 0 Å². The molecule has 0 saturated carbocycles. The van der Waals surface area contributed by atoms with Gasteiger partial charge in [-0.2, -0.15) is 5.10 Å². The summed E-state index contributed by atoms with van der Waals surface area (Å²) in [6.45, 7) is 2.15. The topological polar surface area (TPSA) is 68.6 Å². The van der Waals surface area contributed by atoms with Gasteiger partial charge in [-0.15, -0.1) is 0 Å². The first-order chi connectivity index (χ1) is 10.7. The number of nitrogens with one attached hydrogen (secondary N) is 1. The molecule has 7 nitrogen and oxygen atoms in total. The zero-order chi connectivity index (χ0) is 15.5. The van der Waals surface area contributed by atoms with E-state index in [1.807, 2.05) is 7.05 Å². The van der Waals surface area contributed by atoms with Crippen LogP contribution < -0.4 is 5.32 Å². The molecule has 0 aromatic carbocycles. The van der Waals surface area contributed by atoms with E-state index in [9.17, 15) is 4.79 Å². The number of fused-ring (bicyclic) bond motifs is 1. The summed E-state index contributed by atoms with van der Waals surface area (Å²) in [5, 5.41) is 7.59. The highest BCUT2D eigenvalue weighted by molar-refractivity contribution is 5.89.